The number of nitrogens with zero attached hydrogens (tertiary/aromatic N) is 3. The van der Waals surface area contributed by atoms with Gasteiger partial charge in [-0.2, -0.15) is 0 Å². The van der Waals surface area contributed by atoms with E-state index in [9.17, 15) is 4.79 Å². The smallest absolute Gasteiger partial charge is 0.178 e. The molecule has 1 aliphatic heterocycles. The fraction of sp³-hybridized carbons (Fsp3) is 0.421. The standard InChI is InChI=1S/C19H26N4O/c1-14-12-18(19(24)13-22-10-8-21(3)9-11-22)15(2)23(14)17-6-4-16(20)5-7-17/h4-7,12H,8-11,13,20H2,1-3H3. The van der Waals surface area contributed by atoms with Crippen LogP contribution in [0.15, 0.2) is 30.3 Å². The summed E-state index contributed by atoms with van der Waals surface area (Å²) < 4.78 is 2.12. The monoisotopic (exact) mass is 326 g/mol. The summed E-state index contributed by atoms with van der Waals surface area (Å²) >= 11 is 0. The van der Waals surface area contributed by atoms with Gasteiger partial charge in [0.2, 0.25) is 0 Å². The van der Waals surface area contributed by atoms with Gasteiger partial charge >= 0.3 is 0 Å². The van der Waals surface area contributed by atoms with Crippen LogP contribution in [0.3, 0.4) is 0 Å². The van der Waals surface area contributed by atoms with Crippen LogP contribution in [0.5, 0.6) is 0 Å². The number of piperazine rings is 1. The molecule has 0 atom stereocenters. The Morgan fingerprint density at radius 2 is 1.71 bits per heavy atom. The van der Waals surface area contributed by atoms with Gasteiger partial charge in [-0.25, -0.2) is 0 Å². The van der Waals surface area contributed by atoms with Crippen molar-refractivity contribution in [2.45, 2.75) is 13.8 Å². The summed E-state index contributed by atoms with van der Waals surface area (Å²) in [7, 11) is 2.12. The van der Waals surface area contributed by atoms with Crippen molar-refractivity contribution in [1.29, 1.82) is 0 Å². The van der Waals surface area contributed by atoms with Gasteiger partial charge in [-0.15, -0.1) is 0 Å². The lowest BCUT2D eigenvalue weighted by molar-refractivity contribution is 0.0876. The van der Waals surface area contributed by atoms with Crippen LogP contribution in [0.4, 0.5) is 5.69 Å². The number of rotatable bonds is 4. The number of hydrogen-bond acceptors (Lipinski definition) is 4. The van der Waals surface area contributed by atoms with Crippen molar-refractivity contribution in [3.63, 3.8) is 0 Å². The Balaban J connectivity index is 1.80. The largest absolute Gasteiger partial charge is 0.399 e. The summed E-state index contributed by atoms with van der Waals surface area (Å²) in [5.74, 6) is 0.203. The highest BCUT2D eigenvalue weighted by molar-refractivity contribution is 5.99. The minimum Gasteiger partial charge on any atom is -0.399 e. The molecule has 2 N–H and O–H groups in total. The molecule has 2 aromatic rings. The highest BCUT2D eigenvalue weighted by Gasteiger charge is 2.21. The first-order valence-corrected chi connectivity index (χ1v) is 8.44. The number of aromatic nitrogens is 1. The van der Waals surface area contributed by atoms with E-state index in [0.29, 0.717) is 6.54 Å². The number of nitrogen functional groups attached to an aromatic ring is 1. The Bertz CT molecular complexity index is 725. The maximum atomic E-state index is 12.8. The number of carbonyl (C=O) groups is 1. The third-order valence-electron chi connectivity index (χ3n) is 4.85. The fourth-order valence-corrected chi connectivity index (χ4v) is 3.36. The molecule has 3 rings (SSSR count). The molecule has 0 aliphatic carbocycles. The third-order valence-corrected chi connectivity index (χ3v) is 4.85. The second kappa shape index (κ2) is 6.79. The van der Waals surface area contributed by atoms with Crippen molar-refractivity contribution in [3.8, 4) is 5.69 Å². The Hall–Kier alpha value is -2.11. The lowest BCUT2D eigenvalue weighted by Gasteiger charge is -2.31. The molecule has 5 nitrogen and oxygen atoms in total. The molecule has 24 heavy (non-hydrogen) atoms. The van der Waals surface area contributed by atoms with Gasteiger partial charge in [0.05, 0.1) is 6.54 Å². The van der Waals surface area contributed by atoms with Gasteiger partial charge in [0.15, 0.2) is 5.78 Å². The van der Waals surface area contributed by atoms with E-state index >= 15 is 0 Å². The van der Waals surface area contributed by atoms with Crippen molar-refractivity contribution in [2.75, 3.05) is 45.5 Å². The molecule has 0 radical (unpaired) electrons. The zero-order valence-electron chi connectivity index (χ0n) is 14.7. The average molecular weight is 326 g/mol. The molecule has 0 amide bonds. The van der Waals surface area contributed by atoms with E-state index in [2.05, 4.69) is 21.4 Å². The van der Waals surface area contributed by atoms with E-state index in [1.807, 2.05) is 44.2 Å². The van der Waals surface area contributed by atoms with Crippen LogP contribution in [0.2, 0.25) is 0 Å². The summed E-state index contributed by atoms with van der Waals surface area (Å²) in [4.78, 5) is 17.3. The summed E-state index contributed by atoms with van der Waals surface area (Å²) in [5.41, 5.74) is 10.4. The van der Waals surface area contributed by atoms with Crippen molar-refractivity contribution in [2.24, 2.45) is 0 Å². The second-order valence-electron chi connectivity index (χ2n) is 6.71. The SMILES string of the molecule is Cc1cc(C(=O)CN2CCN(C)CC2)c(C)n1-c1ccc(N)cc1. The third kappa shape index (κ3) is 3.37. The number of carbonyl (C=O) groups excluding carboxylic acids is 1. The molecule has 0 saturated carbocycles. The normalized spacial score (nSPS) is 16.5. The van der Waals surface area contributed by atoms with E-state index in [-0.39, 0.29) is 5.78 Å². The van der Waals surface area contributed by atoms with E-state index < -0.39 is 0 Å². The molecule has 1 aromatic heterocycles. The Morgan fingerprint density at radius 3 is 2.33 bits per heavy atom. The molecule has 1 aliphatic rings. The van der Waals surface area contributed by atoms with Crippen LogP contribution in [0.1, 0.15) is 21.7 Å². The molecule has 2 heterocycles. The van der Waals surface area contributed by atoms with Crippen LogP contribution in [0, 0.1) is 13.8 Å². The number of ketones is 1. The van der Waals surface area contributed by atoms with Crippen LogP contribution < -0.4 is 5.73 Å². The van der Waals surface area contributed by atoms with Gasteiger partial charge in [0.25, 0.3) is 0 Å². The topological polar surface area (TPSA) is 54.5 Å². The number of anilines is 1. The first kappa shape index (κ1) is 16.7. The van der Waals surface area contributed by atoms with Gasteiger partial charge < -0.3 is 15.2 Å². The molecule has 0 spiro atoms. The molecular formula is C19H26N4O. The Kier molecular flexibility index (Phi) is 4.73. The van der Waals surface area contributed by atoms with Crippen molar-refractivity contribution in [1.82, 2.24) is 14.4 Å². The molecule has 5 heteroatoms. The average Bonchev–Trinajstić information content (AvgIpc) is 2.85. The summed E-state index contributed by atoms with van der Waals surface area (Å²) in [6.07, 6.45) is 0. The number of likely N-dealkylation sites (N-methyl/N-ethyl adjacent to an activating group) is 1. The zero-order chi connectivity index (χ0) is 17.3. The van der Waals surface area contributed by atoms with Crippen LogP contribution in [-0.4, -0.2) is 59.9 Å². The van der Waals surface area contributed by atoms with Gasteiger partial charge in [-0.3, -0.25) is 9.69 Å². The van der Waals surface area contributed by atoms with E-state index in [1.165, 1.54) is 0 Å². The minimum atomic E-state index is 0.203. The zero-order valence-corrected chi connectivity index (χ0v) is 14.7. The quantitative estimate of drug-likeness (QED) is 0.691. The first-order chi connectivity index (χ1) is 11.5. The molecular weight excluding hydrogens is 300 g/mol. The fourth-order valence-electron chi connectivity index (χ4n) is 3.36. The maximum Gasteiger partial charge on any atom is 0.178 e. The number of benzene rings is 1. The van der Waals surface area contributed by atoms with E-state index in [4.69, 9.17) is 5.73 Å². The van der Waals surface area contributed by atoms with E-state index in [0.717, 1.165) is 54.5 Å². The summed E-state index contributed by atoms with van der Waals surface area (Å²) in [6, 6.07) is 9.76. The number of aryl methyl sites for hydroxylation is 1. The predicted octanol–water partition coefficient (Wildman–Crippen LogP) is 2.11. The molecule has 0 unspecified atom stereocenters. The van der Waals surface area contributed by atoms with Crippen molar-refractivity contribution >= 4 is 11.5 Å². The molecule has 1 aromatic carbocycles. The van der Waals surface area contributed by atoms with Gasteiger partial charge in [-0.05, 0) is 51.2 Å². The summed E-state index contributed by atoms with van der Waals surface area (Å²) in [6.45, 7) is 8.52. The highest BCUT2D eigenvalue weighted by Crippen LogP contribution is 2.22. The molecule has 1 saturated heterocycles. The minimum absolute atomic E-state index is 0.203. The predicted molar refractivity (Wildman–Crippen MR) is 97.9 cm³/mol. The lowest BCUT2D eigenvalue weighted by Crippen LogP contribution is -2.46. The highest BCUT2D eigenvalue weighted by atomic mass is 16.1. The molecule has 0 bridgehead atoms. The Labute approximate surface area is 143 Å². The maximum absolute atomic E-state index is 12.8. The summed E-state index contributed by atoms with van der Waals surface area (Å²) in [5, 5.41) is 0. The lowest BCUT2D eigenvalue weighted by atomic mass is 10.1. The van der Waals surface area contributed by atoms with Gasteiger partial charge in [0, 0.05) is 54.5 Å². The number of hydrogen-bond donors (Lipinski definition) is 1. The molecule has 128 valence electrons. The van der Waals surface area contributed by atoms with Crippen molar-refractivity contribution < 1.29 is 4.79 Å². The van der Waals surface area contributed by atoms with Crippen LogP contribution in [-0.2, 0) is 0 Å². The van der Waals surface area contributed by atoms with Gasteiger partial charge in [-0.1, -0.05) is 0 Å². The van der Waals surface area contributed by atoms with Crippen molar-refractivity contribution in [3.05, 3.63) is 47.3 Å². The van der Waals surface area contributed by atoms with E-state index in [1.54, 1.807) is 0 Å². The number of Topliss-reactive ketones (excluding diaryl/α,β-unsaturated/α-hetero) is 1. The second-order valence-corrected chi connectivity index (χ2v) is 6.71. The first-order valence-electron chi connectivity index (χ1n) is 8.44. The molecule has 1 fully saturated rings. The van der Waals surface area contributed by atoms with Crippen LogP contribution >= 0.6 is 0 Å². The van der Waals surface area contributed by atoms with Crippen LogP contribution in [0.25, 0.3) is 5.69 Å². The Morgan fingerprint density at radius 1 is 1.08 bits per heavy atom. The van der Waals surface area contributed by atoms with Gasteiger partial charge in [0.1, 0.15) is 0 Å². The number of nitrogens with two attached hydrogens (primary N) is 1.